The van der Waals surface area contributed by atoms with Crippen molar-refractivity contribution in [2.24, 2.45) is 0 Å². The van der Waals surface area contributed by atoms with Crippen molar-refractivity contribution in [3.8, 4) is 11.5 Å². The van der Waals surface area contributed by atoms with E-state index in [0.717, 1.165) is 18.8 Å². The lowest BCUT2D eigenvalue weighted by Gasteiger charge is -2.27. The van der Waals surface area contributed by atoms with Gasteiger partial charge in [0.1, 0.15) is 17.3 Å². The number of anilines is 2. The number of carbonyl (C=O) groups is 2. The first-order chi connectivity index (χ1) is 18.3. The number of amides is 1. The van der Waals surface area contributed by atoms with Crippen molar-refractivity contribution in [1.29, 1.82) is 0 Å². The Morgan fingerprint density at radius 1 is 0.947 bits per heavy atom. The highest BCUT2D eigenvalue weighted by Gasteiger charge is 2.47. The van der Waals surface area contributed by atoms with Crippen molar-refractivity contribution in [3.63, 3.8) is 0 Å². The van der Waals surface area contributed by atoms with E-state index in [2.05, 4.69) is 18.7 Å². The molecule has 1 amide bonds. The fourth-order valence-corrected chi connectivity index (χ4v) is 4.76. The van der Waals surface area contributed by atoms with E-state index in [-0.39, 0.29) is 17.4 Å². The van der Waals surface area contributed by atoms with Crippen LogP contribution in [0.4, 0.5) is 11.4 Å². The zero-order chi connectivity index (χ0) is 27.4. The number of benzene rings is 3. The van der Waals surface area contributed by atoms with Gasteiger partial charge in [0.15, 0.2) is 0 Å². The van der Waals surface area contributed by atoms with Gasteiger partial charge in [0.25, 0.3) is 11.7 Å². The van der Waals surface area contributed by atoms with E-state index in [0.29, 0.717) is 28.3 Å². The van der Waals surface area contributed by atoms with E-state index >= 15 is 0 Å². The van der Waals surface area contributed by atoms with Crippen LogP contribution in [-0.4, -0.2) is 43.1 Å². The second kappa shape index (κ2) is 11.4. The monoisotopic (exact) mass is 514 g/mol. The molecular weight excluding hydrogens is 480 g/mol. The summed E-state index contributed by atoms with van der Waals surface area (Å²) in [6.07, 6.45) is -0.0580. The maximum Gasteiger partial charge on any atom is 0.300 e. The maximum atomic E-state index is 13.5. The summed E-state index contributed by atoms with van der Waals surface area (Å²) in [5.41, 5.74) is 2.72. The average Bonchev–Trinajstić information content (AvgIpc) is 3.19. The predicted octanol–water partition coefficient (Wildman–Crippen LogP) is 5.95. The number of nitrogens with zero attached hydrogens (tertiary/aromatic N) is 2. The molecule has 0 saturated carbocycles. The van der Waals surface area contributed by atoms with Gasteiger partial charge in [0.05, 0.1) is 24.8 Å². The van der Waals surface area contributed by atoms with Crippen LogP contribution in [0.25, 0.3) is 5.76 Å². The zero-order valence-corrected chi connectivity index (χ0v) is 22.5. The van der Waals surface area contributed by atoms with Crippen LogP contribution in [0.2, 0.25) is 0 Å². The van der Waals surface area contributed by atoms with E-state index in [4.69, 9.17) is 9.47 Å². The molecule has 3 aromatic carbocycles. The van der Waals surface area contributed by atoms with Gasteiger partial charge in [-0.25, -0.2) is 0 Å². The molecule has 198 valence electrons. The Morgan fingerprint density at radius 3 is 2.18 bits per heavy atom. The van der Waals surface area contributed by atoms with Gasteiger partial charge < -0.3 is 19.5 Å². The molecule has 0 radical (unpaired) electrons. The van der Waals surface area contributed by atoms with E-state index in [9.17, 15) is 14.7 Å². The third-order valence-corrected chi connectivity index (χ3v) is 6.61. The van der Waals surface area contributed by atoms with Crippen LogP contribution in [0, 0.1) is 0 Å². The molecule has 7 heteroatoms. The van der Waals surface area contributed by atoms with Crippen LogP contribution in [0.3, 0.4) is 0 Å². The number of hydrogen-bond acceptors (Lipinski definition) is 6. The minimum atomic E-state index is -0.816. The smallest absolute Gasteiger partial charge is 0.300 e. The second-order valence-corrected chi connectivity index (χ2v) is 9.33. The molecule has 3 aromatic rings. The Morgan fingerprint density at radius 2 is 1.61 bits per heavy atom. The number of aliphatic hydroxyl groups excluding tert-OH is 1. The lowest BCUT2D eigenvalue weighted by atomic mass is 9.94. The van der Waals surface area contributed by atoms with E-state index in [1.54, 1.807) is 55.6 Å². The van der Waals surface area contributed by atoms with Gasteiger partial charge in [-0.3, -0.25) is 14.5 Å². The largest absolute Gasteiger partial charge is 0.507 e. The van der Waals surface area contributed by atoms with E-state index in [1.165, 1.54) is 4.90 Å². The van der Waals surface area contributed by atoms with Gasteiger partial charge in [-0.15, -0.1) is 0 Å². The first kappa shape index (κ1) is 26.8. The average molecular weight is 515 g/mol. The summed E-state index contributed by atoms with van der Waals surface area (Å²) in [6, 6.07) is 20.8. The third kappa shape index (κ3) is 5.23. The molecule has 1 heterocycles. The fourth-order valence-electron chi connectivity index (χ4n) is 4.76. The van der Waals surface area contributed by atoms with Gasteiger partial charge in [-0.1, -0.05) is 24.3 Å². The maximum absolute atomic E-state index is 13.5. The zero-order valence-electron chi connectivity index (χ0n) is 22.5. The third-order valence-electron chi connectivity index (χ3n) is 6.61. The number of rotatable bonds is 9. The summed E-state index contributed by atoms with van der Waals surface area (Å²) < 4.78 is 11.1. The Bertz CT molecular complexity index is 1330. The van der Waals surface area contributed by atoms with Crippen LogP contribution < -0.4 is 19.3 Å². The molecule has 1 atom stereocenters. The molecule has 1 aliphatic heterocycles. The first-order valence-corrected chi connectivity index (χ1v) is 12.9. The van der Waals surface area contributed by atoms with E-state index < -0.39 is 17.7 Å². The summed E-state index contributed by atoms with van der Waals surface area (Å²) in [5, 5.41) is 11.5. The lowest BCUT2D eigenvalue weighted by molar-refractivity contribution is -0.132. The Labute approximate surface area is 223 Å². The van der Waals surface area contributed by atoms with Gasteiger partial charge in [-0.05, 0) is 81.8 Å². The molecular formula is C31H34N2O5. The summed E-state index contributed by atoms with van der Waals surface area (Å²) in [7, 11) is 1.57. The van der Waals surface area contributed by atoms with Crippen LogP contribution in [0.5, 0.6) is 11.5 Å². The Kier molecular flexibility index (Phi) is 8.05. The van der Waals surface area contributed by atoms with Crippen LogP contribution >= 0.6 is 0 Å². The molecule has 1 unspecified atom stereocenters. The standard InChI is InChI=1S/C31H34N2O5/c1-6-32(7-2)23-13-11-21(12-14-23)28-27(29(34)22-9-8-10-26(19-22)38-20(3)4)30(35)31(36)33(28)24-15-17-25(37-5)18-16-24/h8-20,28,34H,6-7H2,1-5H3/b29-27-. The molecule has 1 aliphatic rings. The van der Waals surface area contributed by atoms with Crippen molar-refractivity contribution >= 4 is 28.8 Å². The number of ether oxygens (including phenoxy) is 2. The first-order valence-electron chi connectivity index (χ1n) is 12.9. The van der Waals surface area contributed by atoms with Crippen molar-refractivity contribution in [2.45, 2.75) is 39.8 Å². The normalized spacial score (nSPS) is 16.7. The summed E-state index contributed by atoms with van der Waals surface area (Å²) in [6.45, 7) is 9.72. The molecule has 7 nitrogen and oxygen atoms in total. The Balaban J connectivity index is 1.87. The SMILES string of the molecule is CCN(CC)c1ccc(C2/C(=C(/O)c3cccc(OC(C)C)c3)C(=O)C(=O)N2c2ccc(OC)cc2)cc1. The summed E-state index contributed by atoms with van der Waals surface area (Å²) in [4.78, 5) is 30.6. The Hall–Kier alpha value is -4.26. The van der Waals surface area contributed by atoms with Gasteiger partial charge >= 0.3 is 0 Å². The van der Waals surface area contributed by atoms with Gasteiger partial charge in [0, 0.05) is 30.0 Å². The predicted molar refractivity (Wildman–Crippen MR) is 150 cm³/mol. The van der Waals surface area contributed by atoms with Crippen LogP contribution in [0.15, 0.2) is 78.4 Å². The van der Waals surface area contributed by atoms with Crippen molar-refractivity contribution in [3.05, 3.63) is 89.5 Å². The number of ketones is 1. The van der Waals surface area contributed by atoms with Gasteiger partial charge in [-0.2, -0.15) is 0 Å². The minimum absolute atomic E-state index is 0.0307. The molecule has 38 heavy (non-hydrogen) atoms. The van der Waals surface area contributed by atoms with Crippen molar-refractivity contribution in [2.75, 3.05) is 30.0 Å². The molecule has 0 aromatic heterocycles. The van der Waals surface area contributed by atoms with Crippen molar-refractivity contribution < 1.29 is 24.2 Å². The lowest BCUT2D eigenvalue weighted by Crippen LogP contribution is -2.29. The number of Topliss-reactive ketones (excluding diaryl/α,β-unsaturated/α-hetero) is 1. The number of hydrogen-bond donors (Lipinski definition) is 1. The van der Waals surface area contributed by atoms with Crippen LogP contribution in [0.1, 0.15) is 44.9 Å². The van der Waals surface area contributed by atoms with Gasteiger partial charge in [0.2, 0.25) is 0 Å². The molecule has 1 saturated heterocycles. The molecule has 4 rings (SSSR count). The summed E-state index contributed by atoms with van der Waals surface area (Å²) in [5.74, 6) is -0.497. The second-order valence-electron chi connectivity index (χ2n) is 9.33. The number of aliphatic hydroxyl groups is 1. The molecule has 1 fully saturated rings. The quantitative estimate of drug-likeness (QED) is 0.216. The highest BCUT2D eigenvalue weighted by atomic mass is 16.5. The highest BCUT2D eigenvalue weighted by molar-refractivity contribution is 6.51. The van der Waals surface area contributed by atoms with Crippen LogP contribution in [-0.2, 0) is 9.59 Å². The summed E-state index contributed by atoms with van der Waals surface area (Å²) >= 11 is 0. The fraction of sp³-hybridized carbons (Fsp3) is 0.290. The topological polar surface area (TPSA) is 79.3 Å². The highest BCUT2D eigenvalue weighted by Crippen LogP contribution is 2.43. The minimum Gasteiger partial charge on any atom is -0.507 e. The van der Waals surface area contributed by atoms with E-state index in [1.807, 2.05) is 38.1 Å². The van der Waals surface area contributed by atoms with Crippen molar-refractivity contribution in [1.82, 2.24) is 0 Å². The molecule has 0 aliphatic carbocycles. The number of carbonyl (C=O) groups excluding carboxylic acids is 2. The molecule has 1 N–H and O–H groups in total. The molecule has 0 spiro atoms. The molecule has 0 bridgehead atoms. The number of methoxy groups -OCH3 is 1.